The molecule has 0 bridgehead atoms. The summed E-state index contributed by atoms with van der Waals surface area (Å²) < 4.78 is 5.36. The number of aromatic nitrogens is 2. The van der Waals surface area contributed by atoms with Crippen molar-refractivity contribution in [1.82, 2.24) is 9.97 Å². The molecule has 0 atom stereocenters. The fourth-order valence-electron chi connectivity index (χ4n) is 2.26. The molecule has 0 amide bonds. The molecule has 0 radical (unpaired) electrons. The van der Waals surface area contributed by atoms with E-state index < -0.39 is 0 Å². The summed E-state index contributed by atoms with van der Waals surface area (Å²) in [5.41, 5.74) is 0.643. The van der Waals surface area contributed by atoms with Gasteiger partial charge in [-0.3, -0.25) is 0 Å². The first-order valence-electron chi connectivity index (χ1n) is 6.73. The zero-order valence-electron chi connectivity index (χ0n) is 11.6. The number of hydrogen-bond donors (Lipinski definition) is 3. The van der Waals surface area contributed by atoms with Gasteiger partial charge in [0.05, 0.1) is 12.1 Å². The van der Waals surface area contributed by atoms with Gasteiger partial charge in [0.2, 0.25) is 0 Å². The highest BCUT2D eigenvalue weighted by molar-refractivity contribution is 5.57. The Morgan fingerprint density at radius 1 is 1.32 bits per heavy atom. The van der Waals surface area contributed by atoms with Crippen LogP contribution in [0.5, 0.6) is 0 Å². The number of nitrogens with zero attached hydrogens (tertiary/aromatic N) is 2. The van der Waals surface area contributed by atoms with Gasteiger partial charge >= 0.3 is 0 Å². The zero-order valence-corrected chi connectivity index (χ0v) is 11.6. The third kappa shape index (κ3) is 3.13. The average molecular weight is 266 g/mol. The number of nitrogens with one attached hydrogen (secondary N) is 2. The largest absolute Gasteiger partial charge is 0.394 e. The lowest BCUT2D eigenvalue weighted by molar-refractivity contribution is 0.0378. The minimum atomic E-state index is -0.332. The summed E-state index contributed by atoms with van der Waals surface area (Å²) in [7, 11) is 0. The number of hydrogen-bond acceptors (Lipinski definition) is 6. The predicted octanol–water partition coefficient (Wildman–Crippen LogP) is 1.17. The van der Waals surface area contributed by atoms with Crippen molar-refractivity contribution in [2.24, 2.45) is 0 Å². The second-order valence-corrected chi connectivity index (χ2v) is 4.90. The monoisotopic (exact) mass is 266 g/mol. The molecule has 0 spiro atoms. The molecule has 1 fully saturated rings. The molecule has 1 saturated heterocycles. The van der Waals surface area contributed by atoms with Crippen molar-refractivity contribution in [3.63, 3.8) is 0 Å². The lowest BCUT2D eigenvalue weighted by Crippen LogP contribution is -2.47. The maximum Gasteiger partial charge on any atom is 0.134 e. The van der Waals surface area contributed by atoms with Crippen LogP contribution in [-0.2, 0) is 4.74 Å². The Kier molecular flexibility index (Phi) is 4.55. The molecule has 0 aliphatic carbocycles. The first-order chi connectivity index (χ1) is 9.21. The van der Waals surface area contributed by atoms with Crippen LogP contribution in [0.25, 0.3) is 0 Å². The van der Waals surface area contributed by atoms with E-state index in [1.807, 2.05) is 13.8 Å². The Morgan fingerprint density at radius 2 is 2.00 bits per heavy atom. The van der Waals surface area contributed by atoms with Gasteiger partial charge in [0.25, 0.3) is 0 Å². The van der Waals surface area contributed by atoms with Gasteiger partial charge in [0, 0.05) is 25.3 Å². The first-order valence-corrected chi connectivity index (χ1v) is 6.73. The van der Waals surface area contributed by atoms with Gasteiger partial charge in [-0.1, -0.05) is 0 Å². The second kappa shape index (κ2) is 6.16. The van der Waals surface area contributed by atoms with Crippen molar-refractivity contribution in [2.45, 2.75) is 32.2 Å². The molecule has 0 unspecified atom stereocenters. The van der Waals surface area contributed by atoms with Crippen LogP contribution in [0, 0.1) is 6.92 Å². The van der Waals surface area contributed by atoms with E-state index >= 15 is 0 Å². The predicted molar refractivity (Wildman–Crippen MR) is 74.4 cm³/mol. The molecule has 3 N–H and O–H groups in total. The fraction of sp³-hybridized carbons (Fsp3) is 0.692. The Balaban J connectivity index is 2.19. The van der Waals surface area contributed by atoms with E-state index in [0.29, 0.717) is 13.2 Å². The molecule has 6 nitrogen and oxygen atoms in total. The summed E-state index contributed by atoms with van der Waals surface area (Å²) >= 11 is 0. The third-order valence-corrected chi connectivity index (χ3v) is 3.56. The number of aliphatic hydroxyl groups is 1. The lowest BCUT2D eigenvalue weighted by atomic mass is 9.91. The van der Waals surface area contributed by atoms with Crippen LogP contribution >= 0.6 is 0 Å². The van der Waals surface area contributed by atoms with Crippen LogP contribution < -0.4 is 10.6 Å². The average Bonchev–Trinajstić information content (AvgIpc) is 2.45. The number of ether oxygens (including phenoxy) is 1. The zero-order chi connectivity index (χ0) is 13.7. The number of anilines is 2. The van der Waals surface area contributed by atoms with Crippen molar-refractivity contribution >= 4 is 11.6 Å². The minimum Gasteiger partial charge on any atom is -0.394 e. The van der Waals surface area contributed by atoms with Gasteiger partial charge in [-0.25, -0.2) is 9.97 Å². The van der Waals surface area contributed by atoms with Gasteiger partial charge < -0.3 is 20.5 Å². The Hall–Kier alpha value is -1.40. The molecule has 1 aliphatic heterocycles. The molecule has 1 aromatic rings. The second-order valence-electron chi connectivity index (χ2n) is 4.90. The molecular formula is C13H22N4O2. The maximum absolute atomic E-state index is 9.69. The van der Waals surface area contributed by atoms with Gasteiger partial charge in [-0.15, -0.1) is 0 Å². The van der Waals surface area contributed by atoms with Crippen molar-refractivity contribution in [1.29, 1.82) is 0 Å². The van der Waals surface area contributed by atoms with Crippen LogP contribution in [0.2, 0.25) is 0 Å². The first kappa shape index (κ1) is 14.0. The summed E-state index contributed by atoms with van der Waals surface area (Å²) in [6, 6.07) is 0. The van der Waals surface area contributed by atoms with Crippen molar-refractivity contribution in [3.05, 3.63) is 11.9 Å². The summed E-state index contributed by atoms with van der Waals surface area (Å²) in [5.74, 6) is 1.61. The van der Waals surface area contributed by atoms with E-state index in [1.165, 1.54) is 6.33 Å². The minimum absolute atomic E-state index is 0.0797. The molecule has 0 aromatic carbocycles. The van der Waals surface area contributed by atoms with Gasteiger partial charge in [0.1, 0.15) is 18.0 Å². The van der Waals surface area contributed by atoms with E-state index in [1.54, 1.807) is 0 Å². The van der Waals surface area contributed by atoms with E-state index in [-0.39, 0.29) is 12.1 Å². The summed E-state index contributed by atoms with van der Waals surface area (Å²) in [5, 5.41) is 16.3. The van der Waals surface area contributed by atoms with E-state index in [9.17, 15) is 5.11 Å². The highest BCUT2D eigenvalue weighted by Gasteiger charge is 2.32. The third-order valence-electron chi connectivity index (χ3n) is 3.56. The molecule has 0 saturated carbocycles. The van der Waals surface area contributed by atoms with Crippen molar-refractivity contribution in [2.75, 3.05) is 37.0 Å². The fourth-order valence-corrected chi connectivity index (χ4v) is 2.26. The lowest BCUT2D eigenvalue weighted by Gasteiger charge is -2.37. The van der Waals surface area contributed by atoms with Crippen molar-refractivity contribution in [3.8, 4) is 0 Å². The molecule has 6 heteroatoms. The SMILES string of the molecule is CCNc1ncnc(NC2(CO)CCOCC2)c1C. The molecule has 2 heterocycles. The summed E-state index contributed by atoms with van der Waals surface area (Å²) in [4.78, 5) is 8.52. The van der Waals surface area contributed by atoms with E-state index in [0.717, 1.165) is 36.6 Å². The van der Waals surface area contributed by atoms with E-state index in [2.05, 4.69) is 20.6 Å². The molecule has 1 aromatic heterocycles. The van der Waals surface area contributed by atoms with Crippen LogP contribution in [-0.4, -0.2) is 47.0 Å². The van der Waals surface area contributed by atoms with Crippen LogP contribution in [0.4, 0.5) is 11.6 Å². The number of rotatable bonds is 5. The highest BCUT2D eigenvalue weighted by Crippen LogP contribution is 2.27. The van der Waals surface area contributed by atoms with Gasteiger partial charge in [-0.05, 0) is 26.7 Å². The Labute approximate surface area is 113 Å². The van der Waals surface area contributed by atoms with Gasteiger partial charge in [0.15, 0.2) is 0 Å². The van der Waals surface area contributed by atoms with Gasteiger partial charge in [-0.2, -0.15) is 0 Å². The number of aliphatic hydroxyl groups excluding tert-OH is 1. The smallest absolute Gasteiger partial charge is 0.134 e. The van der Waals surface area contributed by atoms with E-state index in [4.69, 9.17) is 4.74 Å². The molecule has 1 aliphatic rings. The van der Waals surface area contributed by atoms with Crippen molar-refractivity contribution < 1.29 is 9.84 Å². The Bertz CT molecular complexity index is 419. The van der Waals surface area contributed by atoms with Crippen LogP contribution in [0.3, 0.4) is 0 Å². The normalized spacial score (nSPS) is 18.1. The molecule has 106 valence electrons. The maximum atomic E-state index is 9.69. The molecular weight excluding hydrogens is 244 g/mol. The van der Waals surface area contributed by atoms with Crippen LogP contribution in [0.15, 0.2) is 6.33 Å². The summed E-state index contributed by atoms with van der Waals surface area (Å²) in [6.07, 6.45) is 3.10. The molecule has 2 rings (SSSR count). The highest BCUT2D eigenvalue weighted by atomic mass is 16.5. The quantitative estimate of drug-likeness (QED) is 0.742. The topological polar surface area (TPSA) is 79.3 Å². The standard InChI is InChI=1S/C13H22N4O2/c1-3-14-11-10(2)12(16-9-15-11)17-13(8-18)4-6-19-7-5-13/h9,18H,3-8H2,1-2H3,(H2,14,15,16,17). The Morgan fingerprint density at radius 3 is 2.63 bits per heavy atom. The molecule has 19 heavy (non-hydrogen) atoms. The van der Waals surface area contributed by atoms with Crippen LogP contribution in [0.1, 0.15) is 25.3 Å². The summed E-state index contributed by atoms with van der Waals surface area (Å²) in [6.45, 7) is 6.23.